The van der Waals surface area contributed by atoms with E-state index in [4.69, 9.17) is 11.6 Å². The molecule has 0 aromatic carbocycles. The van der Waals surface area contributed by atoms with E-state index in [1.807, 2.05) is 0 Å². The summed E-state index contributed by atoms with van der Waals surface area (Å²) in [5, 5.41) is -1.02. The Labute approximate surface area is 59.4 Å². The highest BCUT2D eigenvalue weighted by Gasteiger charge is 2.40. The molecule has 0 saturated carbocycles. The van der Waals surface area contributed by atoms with Crippen molar-refractivity contribution in [3.8, 4) is 0 Å². The minimum atomic E-state index is -4.94. The monoisotopic (exact) mass is 173 g/mol. The van der Waals surface area contributed by atoms with Crippen molar-refractivity contribution in [3.63, 3.8) is 0 Å². The Balaban J connectivity index is 4.39. The van der Waals surface area contributed by atoms with Crippen molar-refractivity contribution in [3.05, 3.63) is 11.2 Å². The maximum absolute atomic E-state index is 11.4. The first-order valence-electron chi connectivity index (χ1n) is 2.08. The van der Waals surface area contributed by atoms with Gasteiger partial charge in [-0.05, 0) is 0 Å². The Morgan fingerprint density at radius 2 is 1.90 bits per heavy atom. The number of alkyl halides is 3. The molecule has 0 aromatic heterocycles. The fourth-order valence-corrected chi connectivity index (χ4v) is 0.318. The van der Waals surface area contributed by atoms with E-state index in [9.17, 15) is 18.0 Å². The number of allylic oxidation sites excluding steroid dienone is 1. The van der Waals surface area contributed by atoms with Crippen LogP contribution in [0.25, 0.3) is 0 Å². The summed E-state index contributed by atoms with van der Waals surface area (Å²) < 4.78 is 34.1. The molecule has 0 rings (SSSR count). The van der Waals surface area contributed by atoms with Crippen molar-refractivity contribution in [2.24, 2.45) is 5.73 Å². The highest BCUT2D eigenvalue weighted by molar-refractivity contribution is 6.43. The lowest BCUT2D eigenvalue weighted by Crippen LogP contribution is -2.23. The molecule has 6 heteroatoms. The lowest BCUT2D eigenvalue weighted by molar-refractivity contribution is -0.165. The van der Waals surface area contributed by atoms with Gasteiger partial charge in [0, 0.05) is 6.20 Å². The van der Waals surface area contributed by atoms with Gasteiger partial charge in [-0.15, -0.1) is 0 Å². The van der Waals surface area contributed by atoms with Crippen LogP contribution < -0.4 is 5.73 Å². The van der Waals surface area contributed by atoms with E-state index in [2.05, 4.69) is 5.73 Å². The minimum Gasteiger partial charge on any atom is -0.403 e. The lowest BCUT2D eigenvalue weighted by atomic mass is 10.4. The molecule has 0 fully saturated rings. The molecule has 58 valence electrons. The summed E-state index contributed by atoms with van der Waals surface area (Å²) in [6.45, 7) is 0. The van der Waals surface area contributed by atoms with E-state index >= 15 is 0 Å². The van der Waals surface area contributed by atoms with Gasteiger partial charge in [0.15, 0.2) is 0 Å². The summed E-state index contributed by atoms with van der Waals surface area (Å²) in [7, 11) is 0. The second-order valence-electron chi connectivity index (χ2n) is 1.34. The van der Waals surface area contributed by atoms with Gasteiger partial charge in [-0.1, -0.05) is 11.6 Å². The van der Waals surface area contributed by atoms with Crippen LogP contribution >= 0.6 is 11.6 Å². The predicted octanol–water partition coefficient (Wildman–Crippen LogP) is 1.16. The fourth-order valence-electron chi connectivity index (χ4n) is 0.211. The summed E-state index contributed by atoms with van der Waals surface area (Å²) >= 11 is 4.77. The number of halogens is 4. The van der Waals surface area contributed by atoms with Crippen LogP contribution in [0, 0.1) is 0 Å². The third kappa shape index (κ3) is 2.26. The molecule has 0 aliphatic rings. The molecule has 0 radical (unpaired) electrons. The molecule has 0 aliphatic heterocycles. The maximum Gasteiger partial charge on any atom is 0.455 e. The standard InChI is InChI=1S/C4H3ClF3NO/c5-2(1-9)3(10)4(6,7)8/h1H,9H2/b2-1-. The van der Waals surface area contributed by atoms with Gasteiger partial charge in [0.1, 0.15) is 5.03 Å². The number of hydrogen-bond acceptors (Lipinski definition) is 2. The second kappa shape index (κ2) is 2.92. The predicted molar refractivity (Wildman–Crippen MR) is 29.2 cm³/mol. The molecule has 0 unspecified atom stereocenters. The number of carbonyl (C=O) groups is 1. The maximum atomic E-state index is 11.4. The first-order chi connectivity index (χ1) is 4.39. The molecule has 10 heavy (non-hydrogen) atoms. The van der Waals surface area contributed by atoms with E-state index in [1.165, 1.54) is 0 Å². The topological polar surface area (TPSA) is 43.1 Å². The summed E-state index contributed by atoms with van der Waals surface area (Å²) in [5.41, 5.74) is 4.55. The average Bonchev–Trinajstić information content (AvgIpc) is 1.83. The zero-order valence-corrected chi connectivity index (χ0v) is 5.33. The van der Waals surface area contributed by atoms with Gasteiger partial charge in [-0.25, -0.2) is 0 Å². The zero-order chi connectivity index (χ0) is 8.36. The zero-order valence-electron chi connectivity index (χ0n) is 4.57. The van der Waals surface area contributed by atoms with Crippen molar-refractivity contribution in [1.29, 1.82) is 0 Å². The highest BCUT2D eigenvalue weighted by atomic mass is 35.5. The third-order valence-corrected chi connectivity index (χ3v) is 0.918. The molecule has 0 bridgehead atoms. The van der Waals surface area contributed by atoms with Gasteiger partial charge in [0.2, 0.25) is 0 Å². The van der Waals surface area contributed by atoms with Gasteiger partial charge in [0.05, 0.1) is 0 Å². The number of hydrogen-bond donors (Lipinski definition) is 1. The van der Waals surface area contributed by atoms with E-state index < -0.39 is 17.0 Å². The first kappa shape index (κ1) is 9.29. The summed E-state index contributed by atoms with van der Waals surface area (Å²) in [6, 6.07) is 0. The van der Waals surface area contributed by atoms with Crippen LogP contribution in [-0.2, 0) is 4.79 Å². The van der Waals surface area contributed by atoms with Crippen molar-refractivity contribution in [1.82, 2.24) is 0 Å². The number of Topliss-reactive ketones (excluding diaryl/α,β-unsaturated/α-hetero) is 1. The van der Waals surface area contributed by atoms with Gasteiger partial charge in [-0.2, -0.15) is 13.2 Å². The number of nitrogens with two attached hydrogens (primary N) is 1. The van der Waals surface area contributed by atoms with E-state index in [1.54, 1.807) is 0 Å². The van der Waals surface area contributed by atoms with Crippen LogP contribution in [0.1, 0.15) is 0 Å². The molecule has 0 atom stereocenters. The second-order valence-corrected chi connectivity index (χ2v) is 1.75. The van der Waals surface area contributed by atoms with Crippen LogP contribution in [0.4, 0.5) is 13.2 Å². The number of ketones is 1. The SMILES string of the molecule is N/C=C(\Cl)C(=O)C(F)(F)F. The lowest BCUT2D eigenvalue weighted by Gasteiger charge is -2.01. The molecule has 2 N–H and O–H groups in total. The molecule has 0 aromatic rings. The van der Waals surface area contributed by atoms with Gasteiger partial charge >= 0.3 is 6.18 Å². The summed E-state index contributed by atoms with van der Waals surface area (Å²) in [6.07, 6.45) is -4.54. The minimum absolute atomic E-state index is 0.400. The largest absolute Gasteiger partial charge is 0.455 e. The average molecular weight is 174 g/mol. The van der Waals surface area contributed by atoms with Crippen molar-refractivity contribution in [2.45, 2.75) is 6.18 Å². The fraction of sp³-hybridized carbons (Fsp3) is 0.250. The normalized spacial score (nSPS) is 13.4. The van der Waals surface area contributed by atoms with Gasteiger partial charge in [-0.3, -0.25) is 4.79 Å². The smallest absolute Gasteiger partial charge is 0.403 e. The molecule has 0 amide bonds. The van der Waals surface area contributed by atoms with Crippen LogP contribution in [0.3, 0.4) is 0 Å². The molecular formula is C4H3ClF3NO. The Kier molecular flexibility index (Phi) is 2.71. The van der Waals surface area contributed by atoms with Crippen molar-refractivity contribution >= 4 is 17.4 Å². The third-order valence-electron chi connectivity index (χ3n) is 0.621. The van der Waals surface area contributed by atoms with Crippen LogP contribution in [0.2, 0.25) is 0 Å². The molecule has 0 saturated heterocycles. The first-order valence-corrected chi connectivity index (χ1v) is 2.46. The van der Waals surface area contributed by atoms with Crippen molar-refractivity contribution in [2.75, 3.05) is 0 Å². The molecule has 0 aliphatic carbocycles. The Hall–Kier alpha value is -0.710. The summed E-state index contributed by atoms with van der Waals surface area (Å²) in [4.78, 5) is 9.99. The molecular weight excluding hydrogens is 170 g/mol. The van der Waals surface area contributed by atoms with Crippen molar-refractivity contribution < 1.29 is 18.0 Å². The highest BCUT2D eigenvalue weighted by Crippen LogP contribution is 2.21. The molecule has 0 heterocycles. The van der Waals surface area contributed by atoms with E-state index in [0.29, 0.717) is 6.20 Å². The van der Waals surface area contributed by atoms with E-state index in [-0.39, 0.29) is 0 Å². The van der Waals surface area contributed by atoms with Gasteiger partial charge < -0.3 is 5.73 Å². The quantitative estimate of drug-likeness (QED) is 0.605. The van der Waals surface area contributed by atoms with Crippen LogP contribution in [-0.4, -0.2) is 12.0 Å². The van der Waals surface area contributed by atoms with Gasteiger partial charge in [0.25, 0.3) is 5.78 Å². The number of carbonyl (C=O) groups excluding carboxylic acids is 1. The van der Waals surface area contributed by atoms with Crippen LogP contribution in [0.5, 0.6) is 0 Å². The Morgan fingerprint density at radius 1 is 1.50 bits per heavy atom. The molecule has 0 spiro atoms. The molecule has 2 nitrogen and oxygen atoms in total. The number of rotatable bonds is 1. The Morgan fingerprint density at radius 3 is 2.00 bits per heavy atom. The van der Waals surface area contributed by atoms with E-state index in [0.717, 1.165) is 0 Å². The Bertz CT molecular complexity index is 174. The van der Waals surface area contributed by atoms with Crippen LogP contribution in [0.15, 0.2) is 11.2 Å². The summed E-state index contributed by atoms with van der Waals surface area (Å²) in [5.74, 6) is -2.13.